The highest BCUT2D eigenvalue weighted by Crippen LogP contribution is 2.28. The Morgan fingerprint density at radius 3 is 2.86 bits per heavy atom. The van der Waals surface area contributed by atoms with Gasteiger partial charge in [0, 0.05) is 11.6 Å². The SMILES string of the molecule is COc1ccc(O)c([C@H](N)CCF)c1. The number of nitrogens with two attached hydrogens (primary N) is 1. The maximum absolute atomic E-state index is 12.1. The number of benzene rings is 1. The van der Waals surface area contributed by atoms with Crippen molar-refractivity contribution < 1.29 is 14.2 Å². The molecule has 1 aromatic rings. The van der Waals surface area contributed by atoms with Gasteiger partial charge in [0.15, 0.2) is 0 Å². The van der Waals surface area contributed by atoms with Crippen molar-refractivity contribution in [3.63, 3.8) is 0 Å². The second kappa shape index (κ2) is 4.81. The van der Waals surface area contributed by atoms with Gasteiger partial charge in [0.1, 0.15) is 11.5 Å². The Balaban J connectivity index is 2.93. The Kier molecular flexibility index (Phi) is 3.71. The third-order valence-electron chi connectivity index (χ3n) is 2.05. The van der Waals surface area contributed by atoms with Crippen LogP contribution in [0.3, 0.4) is 0 Å². The lowest BCUT2D eigenvalue weighted by Crippen LogP contribution is -2.11. The highest BCUT2D eigenvalue weighted by Gasteiger charge is 2.11. The number of hydrogen-bond acceptors (Lipinski definition) is 3. The largest absolute Gasteiger partial charge is 0.508 e. The molecule has 1 atom stereocenters. The number of phenolic OH excluding ortho intramolecular Hbond substituents is 1. The van der Waals surface area contributed by atoms with E-state index >= 15 is 0 Å². The standard InChI is InChI=1S/C10H14FNO2/c1-14-7-2-3-10(13)8(6-7)9(12)4-5-11/h2-3,6,9,13H,4-5,12H2,1H3/t9-/m1/s1. The first kappa shape index (κ1) is 10.8. The van der Waals surface area contributed by atoms with E-state index in [0.717, 1.165) is 0 Å². The summed E-state index contributed by atoms with van der Waals surface area (Å²) in [6.07, 6.45) is 0.195. The van der Waals surface area contributed by atoms with Crippen molar-refractivity contribution >= 4 is 0 Å². The third kappa shape index (κ3) is 2.35. The summed E-state index contributed by atoms with van der Waals surface area (Å²) < 4.78 is 17.0. The Bertz CT molecular complexity index is 304. The molecule has 0 amide bonds. The fraction of sp³-hybridized carbons (Fsp3) is 0.400. The molecule has 0 spiro atoms. The molecule has 0 aliphatic rings. The molecule has 0 saturated carbocycles. The van der Waals surface area contributed by atoms with Crippen LogP contribution < -0.4 is 10.5 Å². The summed E-state index contributed by atoms with van der Waals surface area (Å²) in [6.45, 7) is -0.502. The topological polar surface area (TPSA) is 55.5 Å². The number of hydrogen-bond donors (Lipinski definition) is 2. The maximum Gasteiger partial charge on any atom is 0.120 e. The second-order valence-electron chi connectivity index (χ2n) is 3.01. The van der Waals surface area contributed by atoms with E-state index < -0.39 is 12.7 Å². The first-order chi connectivity index (χ1) is 6.69. The summed E-state index contributed by atoms with van der Waals surface area (Å²) in [6, 6.07) is 4.25. The van der Waals surface area contributed by atoms with Crippen LogP contribution in [0.15, 0.2) is 18.2 Å². The zero-order chi connectivity index (χ0) is 10.6. The first-order valence-electron chi connectivity index (χ1n) is 4.37. The van der Waals surface area contributed by atoms with Crippen LogP contribution in [-0.4, -0.2) is 18.9 Å². The molecule has 3 N–H and O–H groups in total. The number of alkyl halides is 1. The Morgan fingerprint density at radius 2 is 2.29 bits per heavy atom. The van der Waals surface area contributed by atoms with Gasteiger partial charge in [0.05, 0.1) is 13.8 Å². The van der Waals surface area contributed by atoms with Crippen LogP contribution in [0.25, 0.3) is 0 Å². The van der Waals surface area contributed by atoms with Crippen LogP contribution in [0.5, 0.6) is 11.5 Å². The van der Waals surface area contributed by atoms with Crippen molar-refractivity contribution in [1.82, 2.24) is 0 Å². The van der Waals surface area contributed by atoms with Gasteiger partial charge in [-0.25, -0.2) is 0 Å². The Morgan fingerprint density at radius 1 is 1.57 bits per heavy atom. The lowest BCUT2D eigenvalue weighted by atomic mass is 10.0. The van der Waals surface area contributed by atoms with Crippen LogP contribution in [-0.2, 0) is 0 Å². The van der Waals surface area contributed by atoms with Crippen molar-refractivity contribution in [1.29, 1.82) is 0 Å². The van der Waals surface area contributed by atoms with Crippen molar-refractivity contribution in [2.45, 2.75) is 12.5 Å². The quantitative estimate of drug-likeness (QED) is 0.776. The van der Waals surface area contributed by atoms with Crippen LogP contribution in [0.1, 0.15) is 18.0 Å². The zero-order valence-electron chi connectivity index (χ0n) is 8.03. The second-order valence-corrected chi connectivity index (χ2v) is 3.01. The molecule has 14 heavy (non-hydrogen) atoms. The van der Waals surface area contributed by atoms with Gasteiger partial charge in [-0.3, -0.25) is 4.39 Å². The predicted octanol–water partition coefficient (Wildman–Crippen LogP) is 1.76. The fourth-order valence-corrected chi connectivity index (χ4v) is 1.23. The van der Waals surface area contributed by atoms with Gasteiger partial charge in [-0.2, -0.15) is 0 Å². The number of phenols is 1. The van der Waals surface area contributed by atoms with Crippen molar-refractivity contribution in [2.75, 3.05) is 13.8 Å². The van der Waals surface area contributed by atoms with E-state index in [1.54, 1.807) is 12.1 Å². The highest BCUT2D eigenvalue weighted by atomic mass is 19.1. The molecule has 0 radical (unpaired) electrons. The highest BCUT2D eigenvalue weighted by molar-refractivity contribution is 5.41. The molecule has 0 saturated heterocycles. The minimum atomic E-state index is -0.502. The van der Waals surface area contributed by atoms with Crippen LogP contribution in [0.2, 0.25) is 0 Å². The van der Waals surface area contributed by atoms with Gasteiger partial charge < -0.3 is 15.6 Å². The van der Waals surface area contributed by atoms with E-state index in [1.807, 2.05) is 0 Å². The lowest BCUT2D eigenvalue weighted by Gasteiger charge is -2.12. The van der Waals surface area contributed by atoms with Crippen molar-refractivity contribution in [3.05, 3.63) is 23.8 Å². The van der Waals surface area contributed by atoms with Gasteiger partial charge >= 0.3 is 0 Å². The monoisotopic (exact) mass is 199 g/mol. The average Bonchev–Trinajstić information content (AvgIpc) is 2.19. The molecule has 0 aliphatic heterocycles. The van der Waals surface area contributed by atoms with Crippen LogP contribution in [0, 0.1) is 0 Å². The van der Waals surface area contributed by atoms with E-state index in [-0.39, 0.29) is 12.2 Å². The Hall–Kier alpha value is -1.29. The molecular weight excluding hydrogens is 185 g/mol. The number of halogens is 1. The zero-order valence-corrected chi connectivity index (χ0v) is 8.03. The minimum Gasteiger partial charge on any atom is -0.508 e. The molecule has 4 heteroatoms. The molecule has 0 aliphatic carbocycles. The van der Waals surface area contributed by atoms with E-state index in [9.17, 15) is 9.50 Å². The predicted molar refractivity (Wildman–Crippen MR) is 52.2 cm³/mol. The number of methoxy groups -OCH3 is 1. The van der Waals surface area contributed by atoms with Gasteiger partial charge in [0.2, 0.25) is 0 Å². The normalized spacial score (nSPS) is 12.5. The van der Waals surface area contributed by atoms with Crippen LogP contribution in [0.4, 0.5) is 4.39 Å². The molecule has 78 valence electrons. The van der Waals surface area contributed by atoms with E-state index in [4.69, 9.17) is 10.5 Å². The van der Waals surface area contributed by atoms with Crippen LogP contribution >= 0.6 is 0 Å². The van der Waals surface area contributed by atoms with E-state index in [2.05, 4.69) is 0 Å². The van der Waals surface area contributed by atoms with Gasteiger partial charge in [-0.1, -0.05) is 0 Å². The molecule has 1 rings (SSSR count). The lowest BCUT2D eigenvalue weighted by molar-refractivity contribution is 0.403. The first-order valence-corrected chi connectivity index (χ1v) is 4.37. The Labute approximate surface area is 82.3 Å². The van der Waals surface area contributed by atoms with Crippen molar-refractivity contribution in [3.8, 4) is 11.5 Å². The van der Waals surface area contributed by atoms with E-state index in [1.165, 1.54) is 13.2 Å². The molecule has 0 fully saturated rings. The summed E-state index contributed by atoms with van der Waals surface area (Å²) in [7, 11) is 1.52. The summed E-state index contributed by atoms with van der Waals surface area (Å²) >= 11 is 0. The molecule has 3 nitrogen and oxygen atoms in total. The molecular formula is C10H14FNO2. The van der Waals surface area contributed by atoms with Gasteiger partial charge in [-0.15, -0.1) is 0 Å². The van der Waals surface area contributed by atoms with Gasteiger partial charge in [-0.05, 0) is 24.6 Å². The molecule has 1 aromatic carbocycles. The van der Waals surface area contributed by atoms with Crippen molar-refractivity contribution in [2.24, 2.45) is 5.73 Å². The number of ether oxygens (including phenoxy) is 1. The molecule has 0 heterocycles. The smallest absolute Gasteiger partial charge is 0.120 e. The molecule has 0 bridgehead atoms. The average molecular weight is 199 g/mol. The number of rotatable bonds is 4. The summed E-state index contributed by atoms with van der Waals surface area (Å²) in [5, 5.41) is 9.47. The minimum absolute atomic E-state index is 0.0757. The summed E-state index contributed by atoms with van der Waals surface area (Å²) in [4.78, 5) is 0. The molecule has 0 unspecified atom stereocenters. The number of aromatic hydroxyl groups is 1. The summed E-state index contributed by atoms with van der Waals surface area (Å²) in [5.41, 5.74) is 6.19. The van der Waals surface area contributed by atoms with Gasteiger partial charge in [0.25, 0.3) is 0 Å². The van der Waals surface area contributed by atoms with E-state index in [0.29, 0.717) is 11.3 Å². The summed E-state index contributed by atoms with van der Waals surface area (Å²) in [5.74, 6) is 0.679. The fourth-order valence-electron chi connectivity index (χ4n) is 1.23. The molecule has 0 aromatic heterocycles. The maximum atomic E-state index is 12.1. The third-order valence-corrected chi connectivity index (χ3v) is 2.05.